The summed E-state index contributed by atoms with van der Waals surface area (Å²) in [5.74, 6) is -1.16. The number of carbonyl (C=O) groups is 3. The number of nitrogens with one attached hydrogen (secondary N) is 2. The highest BCUT2D eigenvalue weighted by molar-refractivity contribution is 8.02. The number of hydrogen-bond donors (Lipinski definition) is 3. The van der Waals surface area contributed by atoms with Crippen LogP contribution in [0.1, 0.15) is 65.4 Å². The molecule has 198 valence electrons. The average Bonchev–Trinajstić information content (AvgIpc) is 3.49. The Morgan fingerprint density at radius 3 is 2.56 bits per heavy atom. The van der Waals surface area contributed by atoms with E-state index in [1.807, 2.05) is 37.3 Å². The van der Waals surface area contributed by atoms with Crippen molar-refractivity contribution < 1.29 is 19.5 Å². The Hall–Kier alpha value is -2.06. The van der Waals surface area contributed by atoms with Crippen molar-refractivity contribution in [1.82, 2.24) is 15.5 Å². The van der Waals surface area contributed by atoms with Gasteiger partial charge in [0.15, 0.2) is 0 Å². The third-order valence-electron chi connectivity index (χ3n) is 8.06. The molecule has 2 bridgehead atoms. The van der Waals surface area contributed by atoms with Gasteiger partial charge in [0.25, 0.3) is 0 Å². The Bertz CT molecular complexity index is 957. The molecule has 3 N–H and O–H groups in total. The van der Waals surface area contributed by atoms with E-state index in [1.165, 1.54) is 0 Å². The summed E-state index contributed by atoms with van der Waals surface area (Å²) in [6.07, 6.45) is 3.97. The SMILES string of the molecule is CCCC(C)NC(=O)C1N([C@@H](CO)CC(C)C)C(=O)[C@@H]2[C@@H](C(=O)NCc3ccccc3)[C@H]3CCC12S3. The molecular weight excluding hydrogens is 474 g/mol. The van der Waals surface area contributed by atoms with E-state index in [9.17, 15) is 19.5 Å². The van der Waals surface area contributed by atoms with Gasteiger partial charge in [0.05, 0.1) is 29.2 Å². The van der Waals surface area contributed by atoms with Crippen LogP contribution in [0.2, 0.25) is 0 Å². The number of rotatable bonds is 11. The van der Waals surface area contributed by atoms with E-state index in [-0.39, 0.29) is 41.5 Å². The summed E-state index contributed by atoms with van der Waals surface area (Å²) in [6.45, 7) is 8.41. The number of carbonyl (C=O) groups excluding carboxylic acids is 3. The van der Waals surface area contributed by atoms with Crippen molar-refractivity contribution in [2.75, 3.05) is 6.61 Å². The molecule has 1 aromatic carbocycles. The molecule has 0 radical (unpaired) electrons. The number of nitrogens with zero attached hydrogens (tertiary/aromatic N) is 1. The van der Waals surface area contributed by atoms with Crippen LogP contribution >= 0.6 is 11.8 Å². The van der Waals surface area contributed by atoms with Crippen molar-refractivity contribution in [2.45, 2.75) is 94.5 Å². The van der Waals surface area contributed by atoms with Crippen LogP contribution in [-0.4, -0.2) is 62.5 Å². The second-order valence-electron chi connectivity index (χ2n) is 11.2. The molecule has 3 aliphatic rings. The Labute approximate surface area is 219 Å². The van der Waals surface area contributed by atoms with Gasteiger partial charge in [0, 0.05) is 17.8 Å². The van der Waals surface area contributed by atoms with Gasteiger partial charge in [-0.25, -0.2) is 0 Å². The zero-order valence-electron chi connectivity index (χ0n) is 21.9. The zero-order chi connectivity index (χ0) is 26.0. The highest BCUT2D eigenvalue weighted by atomic mass is 32.2. The van der Waals surface area contributed by atoms with E-state index in [1.54, 1.807) is 16.7 Å². The molecule has 7 nitrogen and oxygen atoms in total. The molecule has 3 heterocycles. The first-order chi connectivity index (χ1) is 17.2. The molecule has 1 spiro atoms. The van der Waals surface area contributed by atoms with E-state index in [0.717, 1.165) is 31.2 Å². The highest BCUT2D eigenvalue weighted by Crippen LogP contribution is 2.66. The van der Waals surface area contributed by atoms with Crippen LogP contribution in [0, 0.1) is 17.8 Å². The Morgan fingerprint density at radius 2 is 1.92 bits per heavy atom. The molecule has 0 aromatic heterocycles. The summed E-state index contributed by atoms with van der Waals surface area (Å²) < 4.78 is -0.628. The molecule has 36 heavy (non-hydrogen) atoms. The molecule has 0 aliphatic carbocycles. The van der Waals surface area contributed by atoms with Crippen molar-refractivity contribution in [3.05, 3.63) is 35.9 Å². The molecule has 3 aliphatic heterocycles. The number of thioether (sulfide) groups is 1. The van der Waals surface area contributed by atoms with Crippen LogP contribution in [0.15, 0.2) is 30.3 Å². The molecule has 8 heteroatoms. The van der Waals surface area contributed by atoms with Crippen molar-refractivity contribution in [3.63, 3.8) is 0 Å². The third kappa shape index (κ3) is 4.91. The van der Waals surface area contributed by atoms with Gasteiger partial charge < -0.3 is 20.6 Å². The summed E-state index contributed by atoms with van der Waals surface area (Å²) in [4.78, 5) is 43.1. The molecular formula is C28H41N3O4S. The lowest BCUT2D eigenvalue weighted by atomic mass is 9.70. The van der Waals surface area contributed by atoms with E-state index in [2.05, 4.69) is 31.4 Å². The summed E-state index contributed by atoms with van der Waals surface area (Å²) in [6, 6.07) is 8.64. The fourth-order valence-electron chi connectivity index (χ4n) is 6.63. The quantitative estimate of drug-likeness (QED) is 0.421. The fraction of sp³-hybridized carbons (Fsp3) is 0.679. The molecule has 4 rings (SSSR count). The number of amides is 3. The van der Waals surface area contributed by atoms with Crippen molar-refractivity contribution in [3.8, 4) is 0 Å². The predicted molar refractivity (Wildman–Crippen MR) is 142 cm³/mol. The van der Waals surface area contributed by atoms with Crippen LogP contribution < -0.4 is 10.6 Å². The molecule has 3 fully saturated rings. The Kier molecular flexibility index (Phi) is 8.35. The van der Waals surface area contributed by atoms with Gasteiger partial charge in [0.1, 0.15) is 6.04 Å². The van der Waals surface area contributed by atoms with Gasteiger partial charge in [-0.15, -0.1) is 11.8 Å². The lowest BCUT2D eigenvalue weighted by molar-refractivity contribution is -0.143. The number of aliphatic hydroxyl groups excluding tert-OH is 1. The maximum absolute atomic E-state index is 14.1. The number of benzene rings is 1. The van der Waals surface area contributed by atoms with Crippen molar-refractivity contribution in [1.29, 1.82) is 0 Å². The maximum Gasteiger partial charge on any atom is 0.244 e. The third-order valence-corrected chi connectivity index (χ3v) is 10.0. The molecule has 3 saturated heterocycles. The predicted octanol–water partition coefficient (Wildman–Crippen LogP) is 3.11. The number of likely N-dealkylation sites (tertiary alicyclic amines) is 1. The minimum Gasteiger partial charge on any atom is -0.394 e. The first kappa shape index (κ1) is 27.0. The fourth-order valence-corrected chi connectivity index (χ4v) is 8.84. The zero-order valence-corrected chi connectivity index (χ0v) is 22.7. The molecule has 1 aromatic rings. The van der Waals surface area contributed by atoms with Gasteiger partial charge >= 0.3 is 0 Å². The minimum absolute atomic E-state index is 0.00106. The number of fused-ring (bicyclic) bond motifs is 1. The summed E-state index contributed by atoms with van der Waals surface area (Å²) in [7, 11) is 0. The van der Waals surface area contributed by atoms with E-state index in [4.69, 9.17) is 0 Å². The monoisotopic (exact) mass is 515 g/mol. The van der Waals surface area contributed by atoms with Gasteiger partial charge in [-0.2, -0.15) is 0 Å². The Morgan fingerprint density at radius 1 is 1.19 bits per heavy atom. The second kappa shape index (κ2) is 11.1. The summed E-state index contributed by atoms with van der Waals surface area (Å²) >= 11 is 1.67. The van der Waals surface area contributed by atoms with E-state index < -0.39 is 28.7 Å². The largest absolute Gasteiger partial charge is 0.394 e. The van der Waals surface area contributed by atoms with Crippen LogP contribution in [0.5, 0.6) is 0 Å². The van der Waals surface area contributed by atoms with Crippen molar-refractivity contribution >= 4 is 29.5 Å². The molecule has 0 saturated carbocycles. The number of aliphatic hydroxyl groups is 1. The highest BCUT2D eigenvalue weighted by Gasteiger charge is 2.74. The minimum atomic E-state index is -0.674. The molecule has 3 amide bonds. The first-order valence-corrected chi connectivity index (χ1v) is 14.3. The lowest BCUT2D eigenvalue weighted by Crippen LogP contribution is -2.57. The smallest absolute Gasteiger partial charge is 0.244 e. The van der Waals surface area contributed by atoms with Gasteiger partial charge in [-0.3, -0.25) is 14.4 Å². The molecule has 7 atom stereocenters. The van der Waals surface area contributed by atoms with E-state index in [0.29, 0.717) is 13.0 Å². The number of hydrogen-bond acceptors (Lipinski definition) is 5. The topological polar surface area (TPSA) is 98.7 Å². The van der Waals surface area contributed by atoms with Gasteiger partial charge in [-0.05, 0) is 44.1 Å². The summed E-state index contributed by atoms with van der Waals surface area (Å²) in [5.41, 5.74) is 1.01. The van der Waals surface area contributed by atoms with Crippen LogP contribution in [0.3, 0.4) is 0 Å². The average molecular weight is 516 g/mol. The van der Waals surface area contributed by atoms with E-state index >= 15 is 0 Å². The van der Waals surface area contributed by atoms with Crippen molar-refractivity contribution in [2.24, 2.45) is 17.8 Å². The first-order valence-electron chi connectivity index (χ1n) is 13.5. The van der Waals surface area contributed by atoms with Gasteiger partial charge in [-0.1, -0.05) is 57.5 Å². The summed E-state index contributed by atoms with van der Waals surface area (Å²) in [5, 5.41) is 16.6. The second-order valence-corrected chi connectivity index (χ2v) is 12.8. The Balaban J connectivity index is 1.64. The van der Waals surface area contributed by atoms with Crippen LogP contribution in [-0.2, 0) is 20.9 Å². The van der Waals surface area contributed by atoms with Crippen LogP contribution in [0.4, 0.5) is 0 Å². The molecule has 3 unspecified atom stereocenters. The van der Waals surface area contributed by atoms with Crippen LogP contribution in [0.25, 0.3) is 0 Å². The van der Waals surface area contributed by atoms with Gasteiger partial charge in [0.2, 0.25) is 17.7 Å². The normalized spacial score (nSPS) is 30.4. The lowest BCUT2D eigenvalue weighted by Gasteiger charge is -2.38. The standard InChI is InChI=1S/C28H41N3O4S/c1-5-9-18(4)30-26(34)24-28-13-12-21(36-28)22(25(33)29-15-19-10-7-6-8-11-19)23(28)27(35)31(24)20(16-32)14-17(2)3/h6-8,10-11,17-18,20-24,32H,5,9,12-16H2,1-4H3,(H,29,33)(H,30,34)/t18?,20-,21-,22+,23+,24?,28?/m1/s1. The maximum atomic E-state index is 14.1.